The van der Waals surface area contributed by atoms with Gasteiger partial charge in [-0.1, -0.05) is 11.6 Å². The lowest BCUT2D eigenvalue weighted by atomic mass is 9.81. The van der Waals surface area contributed by atoms with E-state index in [-0.39, 0.29) is 35.1 Å². The third kappa shape index (κ3) is 6.49. The fourth-order valence-electron chi connectivity index (χ4n) is 4.57. The number of carbonyl (C=O) groups excluding carboxylic acids is 3. The Morgan fingerprint density at radius 2 is 1.71 bits per heavy atom. The van der Waals surface area contributed by atoms with Crippen LogP contribution in [0.25, 0.3) is 11.1 Å². The first-order valence-corrected chi connectivity index (χ1v) is 13.0. The van der Waals surface area contributed by atoms with Gasteiger partial charge in [0.2, 0.25) is 17.6 Å². The van der Waals surface area contributed by atoms with Crippen molar-refractivity contribution < 1.29 is 18.8 Å². The molecule has 202 valence electrons. The van der Waals surface area contributed by atoms with E-state index < -0.39 is 5.91 Å². The summed E-state index contributed by atoms with van der Waals surface area (Å²) in [5.74, 6) is -0.800. The molecule has 1 saturated carbocycles. The van der Waals surface area contributed by atoms with Crippen LogP contribution in [0.5, 0.6) is 0 Å². The molecule has 10 nitrogen and oxygen atoms in total. The highest BCUT2D eigenvalue weighted by Crippen LogP contribution is 2.34. The zero-order chi connectivity index (χ0) is 27.4. The van der Waals surface area contributed by atoms with Gasteiger partial charge in [-0.15, -0.1) is 0 Å². The maximum absolute atomic E-state index is 13.3. The van der Waals surface area contributed by atoms with E-state index in [0.29, 0.717) is 54.2 Å². The average Bonchev–Trinajstić information content (AvgIpc) is 3.25. The summed E-state index contributed by atoms with van der Waals surface area (Å²) in [5.41, 5.74) is 1.73. The third-order valence-corrected chi connectivity index (χ3v) is 7.03. The predicted octanol–water partition coefficient (Wildman–Crippen LogP) is 4.20. The predicted molar refractivity (Wildman–Crippen MR) is 146 cm³/mol. The second-order valence-corrected chi connectivity index (χ2v) is 10.5. The lowest BCUT2D eigenvalue weighted by molar-refractivity contribution is -0.136. The van der Waals surface area contributed by atoms with Gasteiger partial charge in [-0.25, -0.2) is 9.97 Å². The van der Waals surface area contributed by atoms with E-state index >= 15 is 0 Å². The van der Waals surface area contributed by atoms with Crippen LogP contribution in [0.4, 0.5) is 11.5 Å². The number of furan rings is 1. The molecule has 0 aromatic carbocycles. The summed E-state index contributed by atoms with van der Waals surface area (Å²) in [6.45, 7) is 3.29. The van der Waals surface area contributed by atoms with Gasteiger partial charge in [-0.2, -0.15) is 0 Å². The van der Waals surface area contributed by atoms with E-state index in [4.69, 9.17) is 16.0 Å². The van der Waals surface area contributed by atoms with Gasteiger partial charge < -0.3 is 24.9 Å². The molecule has 0 saturated heterocycles. The molecular formula is C27H33ClN6O4. The first-order valence-electron chi connectivity index (χ1n) is 12.7. The van der Waals surface area contributed by atoms with Crippen molar-refractivity contribution in [1.82, 2.24) is 19.8 Å². The van der Waals surface area contributed by atoms with Gasteiger partial charge in [-0.05, 0) is 71.0 Å². The van der Waals surface area contributed by atoms with Gasteiger partial charge >= 0.3 is 0 Å². The summed E-state index contributed by atoms with van der Waals surface area (Å²) in [5, 5.41) is 6.02. The fourth-order valence-corrected chi connectivity index (χ4v) is 4.68. The van der Waals surface area contributed by atoms with Crippen molar-refractivity contribution in [2.24, 2.45) is 11.8 Å². The number of hydrogen-bond donors (Lipinski definition) is 2. The monoisotopic (exact) mass is 540 g/mol. The molecule has 0 spiro atoms. The van der Waals surface area contributed by atoms with Crippen LogP contribution >= 0.6 is 11.6 Å². The van der Waals surface area contributed by atoms with Crippen LogP contribution in [0, 0.1) is 18.8 Å². The highest BCUT2D eigenvalue weighted by Gasteiger charge is 2.33. The number of nitrogens with zero attached hydrogens (tertiary/aromatic N) is 4. The van der Waals surface area contributed by atoms with E-state index in [2.05, 4.69) is 20.6 Å². The molecule has 0 bridgehead atoms. The van der Waals surface area contributed by atoms with E-state index in [0.717, 1.165) is 12.2 Å². The minimum absolute atomic E-state index is 0.0606. The highest BCUT2D eigenvalue weighted by molar-refractivity contribution is 6.30. The van der Waals surface area contributed by atoms with Gasteiger partial charge in [0.15, 0.2) is 5.58 Å². The molecule has 4 rings (SSSR count). The van der Waals surface area contributed by atoms with Crippen LogP contribution in [0.2, 0.25) is 5.02 Å². The van der Waals surface area contributed by atoms with E-state index in [1.807, 2.05) is 33.0 Å². The minimum Gasteiger partial charge on any atom is -0.447 e. The zero-order valence-electron chi connectivity index (χ0n) is 22.1. The number of rotatable bonds is 8. The smallest absolute Gasteiger partial charge is 0.294 e. The van der Waals surface area contributed by atoms with Crippen molar-refractivity contribution in [2.45, 2.75) is 32.6 Å². The van der Waals surface area contributed by atoms with Crippen molar-refractivity contribution in [3.63, 3.8) is 0 Å². The molecular weight excluding hydrogens is 508 g/mol. The normalized spacial score (nSPS) is 17.4. The van der Waals surface area contributed by atoms with Crippen LogP contribution in [-0.4, -0.2) is 71.7 Å². The molecule has 3 amide bonds. The fraction of sp³-hybridized carbons (Fsp3) is 0.444. The first-order chi connectivity index (χ1) is 18.1. The van der Waals surface area contributed by atoms with Crippen LogP contribution in [0.3, 0.4) is 0 Å². The number of amides is 3. The van der Waals surface area contributed by atoms with Gasteiger partial charge in [-0.3, -0.25) is 14.4 Å². The average molecular weight is 541 g/mol. The summed E-state index contributed by atoms with van der Waals surface area (Å²) in [6.07, 6.45) is 3.87. The number of pyridine rings is 2. The molecule has 11 heteroatoms. The molecule has 0 radical (unpaired) electrons. The van der Waals surface area contributed by atoms with Crippen molar-refractivity contribution in [2.75, 3.05) is 44.9 Å². The number of likely N-dealkylation sites (N-methyl/N-ethyl adjacent to an activating group) is 2. The van der Waals surface area contributed by atoms with Crippen molar-refractivity contribution in [3.8, 4) is 0 Å². The molecule has 3 aromatic rings. The molecule has 1 aliphatic rings. The molecule has 3 heterocycles. The third-order valence-electron chi connectivity index (χ3n) is 6.80. The number of aromatic nitrogens is 2. The van der Waals surface area contributed by atoms with Gasteiger partial charge in [0.25, 0.3) is 5.91 Å². The lowest BCUT2D eigenvalue weighted by Crippen LogP contribution is -2.39. The van der Waals surface area contributed by atoms with Crippen LogP contribution in [-0.2, 0) is 9.59 Å². The van der Waals surface area contributed by atoms with Crippen LogP contribution in [0.1, 0.15) is 41.9 Å². The van der Waals surface area contributed by atoms with Crippen molar-refractivity contribution >= 4 is 51.9 Å². The maximum atomic E-state index is 13.3. The Balaban J connectivity index is 1.46. The number of hydrogen-bond acceptors (Lipinski definition) is 7. The quantitative estimate of drug-likeness (QED) is 0.439. The van der Waals surface area contributed by atoms with E-state index in [1.54, 1.807) is 29.2 Å². The Hall–Kier alpha value is -3.50. The molecule has 0 aliphatic heterocycles. The molecule has 38 heavy (non-hydrogen) atoms. The van der Waals surface area contributed by atoms with Crippen LogP contribution < -0.4 is 10.6 Å². The summed E-state index contributed by atoms with van der Waals surface area (Å²) >= 11 is 5.88. The van der Waals surface area contributed by atoms with Crippen molar-refractivity contribution in [3.05, 3.63) is 46.9 Å². The lowest BCUT2D eigenvalue weighted by Gasteiger charge is -2.30. The molecule has 3 aromatic heterocycles. The Labute approximate surface area is 226 Å². The van der Waals surface area contributed by atoms with Gasteiger partial charge in [0.05, 0.1) is 5.02 Å². The Morgan fingerprint density at radius 3 is 2.37 bits per heavy atom. The molecule has 2 N–H and O–H groups in total. The number of fused-ring (bicyclic) bond motifs is 1. The Morgan fingerprint density at radius 1 is 1.00 bits per heavy atom. The minimum atomic E-state index is -0.569. The number of carbonyl (C=O) groups is 3. The molecule has 1 fully saturated rings. The molecule has 1 aliphatic carbocycles. The van der Waals surface area contributed by atoms with E-state index in [9.17, 15) is 14.4 Å². The molecule has 0 unspecified atom stereocenters. The highest BCUT2D eigenvalue weighted by atomic mass is 35.5. The first kappa shape index (κ1) is 27.5. The van der Waals surface area contributed by atoms with Gasteiger partial charge in [0.1, 0.15) is 17.0 Å². The second kappa shape index (κ2) is 11.9. The van der Waals surface area contributed by atoms with E-state index in [1.165, 1.54) is 6.20 Å². The summed E-state index contributed by atoms with van der Waals surface area (Å²) in [4.78, 5) is 51.7. The molecule has 0 atom stereocenters. The number of aryl methyl sites for hydroxylation is 1. The summed E-state index contributed by atoms with van der Waals surface area (Å²) in [7, 11) is 5.79. The summed E-state index contributed by atoms with van der Waals surface area (Å²) < 4.78 is 5.82. The number of halogens is 1. The summed E-state index contributed by atoms with van der Waals surface area (Å²) in [6, 6.07) is 6.67. The maximum Gasteiger partial charge on any atom is 0.294 e. The standard InChI is InChI=1S/C27H33ClN6O4/c1-16-5-11-20-22(30-16)23(24(38-20)26(36)31-21-12-10-19(28)15-29-21)32-25(35)17-6-8-18(9-7-17)27(37)34(4)14-13-33(2)3/h5,10-12,15,17-18H,6-9,13-14H2,1-4H3,(H,32,35)(H,29,31,36)/t17-,18-. The topological polar surface area (TPSA) is 121 Å². The van der Waals surface area contributed by atoms with Crippen LogP contribution in [0.15, 0.2) is 34.9 Å². The largest absolute Gasteiger partial charge is 0.447 e. The van der Waals surface area contributed by atoms with Crippen molar-refractivity contribution in [1.29, 1.82) is 0 Å². The Kier molecular flexibility index (Phi) is 8.63. The number of nitrogens with one attached hydrogen (secondary N) is 2. The Bertz CT molecular complexity index is 1320. The second-order valence-electron chi connectivity index (χ2n) is 10.0. The SMILES string of the molecule is Cc1ccc2oc(C(=O)Nc3ccc(Cl)cn3)c(NC(=O)[C@H]3CC[C@H](C(=O)N(C)CCN(C)C)CC3)c2n1. The number of anilines is 2. The van der Waals surface area contributed by atoms with Gasteiger partial charge in [0, 0.05) is 43.9 Å². The zero-order valence-corrected chi connectivity index (χ0v) is 22.8.